The SMILES string of the molecule is CCC(C(=O)O)N(C)C(=O)N1C[C@@H](C)O[C@@H](C)C1. The molecule has 0 radical (unpaired) electrons. The highest BCUT2D eigenvalue weighted by molar-refractivity contribution is 5.82. The fourth-order valence-corrected chi connectivity index (χ4v) is 2.30. The monoisotopic (exact) mass is 258 g/mol. The molecular weight excluding hydrogens is 236 g/mol. The van der Waals surface area contributed by atoms with E-state index >= 15 is 0 Å². The van der Waals surface area contributed by atoms with Crippen molar-refractivity contribution in [2.45, 2.75) is 45.4 Å². The van der Waals surface area contributed by atoms with Crippen molar-refractivity contribution in [1.29, 1.82) is 0 Å². The van der Waals surface area contributed by atoms with Crippen LogP contribution in [0.2, 0.25) is 0 Å². The third-order valence-corrected chi connectivity index (χ3v) is 3.13. The van der Waals surface area contributed by atoms with Gasteiger partial charge in [0.1, 0.15) is 6.04 Å². The molecule has 1 saturated heterocycles. The lowest BCUT2D eigenvalue weighted by Gasteiger charge is -2.38. The van der Waals surface area contributed by atoms with Crippen LogP contribution in [0, 0.1) is 0 Å². The van der Waals surface area contributed by atoms with Crippen molar-refractivity contribution in [3.63, 3.8) is 0 Å². The predicted octanol–water partition coefficient (Wildman–Crippen LogP) is 1.01. The normalized spacial score (nSPS) is 25.7. The summed E-state index contributed by atoms with van der Waals surface area (Å²) in [7, 11) is 1.54. The number of hydrogen-bond donors (Lipinski definition) is 1. The van der Waals surface area contributed by atoms with E-state index in [1.165, 1.54) is 11.9 Å². The number of ether oxygens (including phenoxy) is 1. The highest BCUT2D eigenvalue weighted by Crippen LogP contribution is 2.14. The Balaban J connectivity index is 2.70. The van der Waals surface area contributed by atoms with E-state index in [0.717, 1.165) is 0 Å². The number of likely N-dealkylation sites (N-methyl/N-ethyl adjacent to an activating group) is 1. The van der Waals surface area contributed by atoms with Gasteiger partial charge in [0.05, 0.1) is 12.2 Å². The molecule has 6 nitrogen and oxygen atoms in total. The van der Waals surface area contributed by atoms with Crippen LogP contribution in [-0.4, -0.2) is 65.3 Å². The molecule has 0 spiro atoms. The van der Waals surface area contributed by atoms with Crippen LogP contribution in [0.1, 0.15) is 27.2 Å². The molecule has 0 saturated carbocycles. The van der Waals surface area contributed by atoms with Crippen LogP contribution in [0.3, 0.4) is 0 Å². The molecule has 104 valence electrons. The van der Waals surface area contributed by atoms with Crippen LogP contribution >= 0.6 is 0 Å². The lowest BCUT2D eigenvalue weighted by Crippen LogP contribution is -2.55. The topological polar surface area (TPSA) is 70.1 Å². The number of amides is 2. The fraction of sp³-hybridized carbons (Fsp3) is 0.833. The quantitative estimate of drug-likeness (QED) is 0.820. The summed E-state index contributed by atoms with van der Waals surface area (Å²) in [6.45, 7) is 6.58. The minimum absolute atomic E-state index is 0.0176. The van der Waals surface area contributed by atoms with Crippen molar-refractivity contribution in [2.24, 2.45) is 0 Å². The molecule has 1 rings (SSSR count). The smallest absolute Gasteiger partial charge is 0.326 e. The van der Waals surface area contributed by atoms with Gasteiger partial charge in [0, 0.05) is 20.1 Å². The number of carboxylic acids is 1. The number of carbonyl (C=O) groups is 2. The Morgan fingerprint density at radius 2 is 1.89 bits per heavy atom. The molecule has 6 heteroatoms. The molecule has 2 amide bonds. The second-order valence-electron chi connectivity index (χ2n) is 4.82. The zero-order valence-electron chi connectivity index (χ0n) is 11.4. The van der Waals surface area contributed by atoms with Crippen molar-refractivity contribution >= 4 is 12.0 Å². The van der Waals surface area contributed by atoms with Crippen molar-refractivity contribution in [3.8, 4) is 0 Å². The van der Waals surface area contributed by atoms with Gasteiger partial charge in [-0.1, -0.05) is 6.92 Å². The summed E-state index contributed by atoms with van der Waals surface area (Å²) in [5.41, 5.74) is 0. The van der Waals surface area contributed by atoms with Gasteiger partial charge in [-0.3, -0.25) is 0 Å². The van der Waals surface area contributed by atoms with E-state index in [1.54, 1.807) is 11.8 Å². The highest BCUT2D eigenvalue weighted by Gasteiger charge is 2.32. The van der Waals surface area contributed by atoms with Gasteiger partial charge in [-0.15, -0.1) is 0 Å². The van der Waals surface area contributed by atoms with Crippen LogP contribution in [-0.2, 0) is 9.53 Å². The van der Waals surface area contributed by atoms with Gasteiger partial charge in [-0.25, -0.2) is 9.59 Å². The molecule has 18 heavy (non-hydrogen) atoms. The second-order valence-corrected chi connectivity index (χ2v) is 4.82. The number of rotatable bonds is 3. The highest BCUT2D eigenvalue weighted by atomic mass is 16.5. The Hall–Kier alpha value is -1.30. The molecule has 0 bridgehead atoms. The summed E-state index contributed by atoms with van der Waals surface area (Å²) in [5, 5.41) is 9.06. The first kappa shape index (κ1) is 14.8. The predicted molar refractivity (Wildman–Crippen MR) is 66.5 cm³/mol. The summed E-state index contributed by atoms with van der Waals surface area (Å²) in [5.74, 6) is -0.970. The lowest BCUT2D eigenvalue weighted by atomic mass is 10.2. The first-order valence-corrected chi connectivity index (χ1v) is 6.26. The van der Waals surface area contributed by atoms with Gasteiger partial charge >= 0.3 is 12.0 Å². The zero-order chi connectivity index (χ0) is 13.9. The maximum atomic E-state index is 12.2. The van der Waals surface area contributed by atoms with Crippen LogP contribution in [0.15, 0.2) is 0 Å². The molecule has 0 aromatic carbocycles. The first-order chi connectivity index (χ1) is 8.36. The molecule has 1 N–H and O–H groups in total. The van der Waals surface area contributed by atoms with Gasteiger partial charge in [0.15, 0.2) is 0 Å². The molecule has 1 heterocycles. The second kappa shape index (κ2) is 6.04. The number of carboxylic acid groups (broad SMARTS) is 1. The minimum Gasteiger partial charge on any atom is -0.480 e. The third kappa shape index (κ3) is 3.35. The number of carbonyl (C=O) groups excluding carboxylic acids is 1. The number of hydrogen-bond acceptors (Lipinski definition) is 3. The molecule has 0 aromatic heterocycles. The van der Waals surface area contributed by atoms with E-state index in [9.17, 15) is 9.59 Å². The van der Waals surface area contributed by atoms with Crippen molar-refractivity contribution in [3.05, 3.63) is 0 Å². The van der Waals surface area contributed by atoms with E-state index in [4.69, 9.17) is 9.84 Å². The van der Waals surface area contributed by atoms with Gasteiger partial charge in [0.25, 0.3) is 0 Å². The minimum atomic E-state index is -0.970. The van der Waals surface area contributed by atoms with Gasteiger partial charge in [-0.2, -0.15) is 0 Å². The molecule has 1 aliphatic rings. The zero-order valence-corrected chi connectivity index (χ0v) is 11.4. The van der Waals surface area contributed by atoms with E-state index < -0.39 is 12.0 Å². The molecule has 0 aromatic rings. The Morgan fingerprint density at radius 3 is 2.28 bits per heavy atom. The number of morpholine rings is 1. The van der Waals surface area contributed by atoms with Gasteiger partial charge < -0.3 is 19.6 Å². The van der Waals surface area contributed by atoms with Crippen LogP contribution < -0.4 is 0 Å². The number of urea groups is 1. The molecule has 1 aliphatic heterocycles. The van der Waals surface area contributed by atoms with E-state index in [-0.39, 0.29) is 18.2 Å². The first-order valence-electron chi connectivity index (χ1n) is 6.26. The summed E-state index contributed by atoms with van der Waals surface area (Å²) in [4.78, 5) is 26.2. The summed E-state index contributed by atoms with van der Waals surface area (Å²) < 4.78 is 5.55. The van der Waals surface area contributed by atoms with Crippen molar-refractivity contribution in [2.75, 3.05) is 20.1 Å². The Morgan fingerprint density at radius 1 is 1.39 bits per heavy atom. The van der Waals surface area contributed by atoms with Crippen molar-refractivity contribution < 1.29 is 19.4 Å². The molecule has 3 atom stereocenters. The maximum Gasteiger partial charge on any atom is 0.326 e. The van der Waals surface area contributed by atoms with Crippen LogP contribution in [0.25, 0.3) is 0 Å². The number of aliphatic carboxylic acids is 1. The summed E-state index contributed by atoms with van der Waals surface area (Å²) >= 11 is 0. The standard InChI is InChI=1S/C12H22N2O4/c1-5-10(11(15)16)13(4)12(17)14-6-8(2)18-9(3)7-14/h8-10H,5-7H2,1-4H3,(H,15,16)/t8-,9+,10?. The third-order valence-electron chi connectivity index (χ3n) is 3.13. The van der Waals surface area contributed by atoms with E-state index in [2.05, 4.69) is 0 Å². The Labute approximate surface area is 107 Å². The fourth-order valence-electron chi connectivity index (χ4n) is 2.30. The van der Waals surface area contributed by atoms with Crippen molar-refractivity contribution in [1.82, 2.24) is 9.80 Å². The molecule has 1 fully saturated rings. The lowest BCUT2D eigenvalue weighted by molar-refractivity contribution is -0.142. The van der Waals surface area contributed by atoms with E-state index in [1.807, 2.05) is 13.8 Å². The molecule has 0 aliphatic carbocycles. The number of nitrogens with zero attached hydrogens (tertiary/aromatic N) is 2. The largest absolute Gasteiger partial charge is 0.480 e. The summed E-state index contributed by atoms with van der Waals surface area (Å²) in [6.07, 6.45) is 0.361. The molecular formula is C12H22N2O4. The Kier molecular flexibility index (Phi) is 4.95. The van der Waals surface area contributed by atoms with E-state index in [0.29, 0.717) is 19.5 Å². The van der Waals surface area contributed by atoms with Gasteiger partial charge in [-0.05, 0) is 20.3 Å². The average Bonchev–Trinajstić information content (AvgIpc) is 2.26. The van der Waals surface area contributed by atoms with Crippen LogP contribution in [0.4, 0.5) is 4.79 Å². The van der Waals surface area contributed by atoms with Gasteiger partial charge in [0.2, 0.25) is 0 Å². The summed E-state index contributed by atoms with van der Waals surface area (Å²) in [6, 6.07) is -1.02. The van der Waals surface area contributed by atoms with Crippen LogP contribution in [0.5, 0.6) is 0 Å². The maximum absolute atomic E-state index is 12.2. The average molecular weight is 258 g/mol. The Bertz CT molecular complexity index is 311. The molecule has 1 unspecified atom stereocenters.